The Bertz CT molecular complexity index is 537. The number of para-hydroxylation sites is 1. The molecule has 0 radical (unpaired) electrons. The molecule has 0 spiro atoms. The van der Waals surface area contributed by atoms with Crippen LogP contribution in [0.5, 0.6) is 5.75 Å². The molecule has 1 aliphatic heterocycles. The van der Waals surface area contributed by atoms with Crippen molar-refractivity contribution in [2.24, 2.45) is 10.9 Å². The lowest BCUT2D eigenvalue weighted by Crippen LogP contribution is -2.41. The van der Waals surface area contributed by atoms with Crippen molar-refractivity contribution in [3.05, 3.63) is 29.8 Å². The van der Waals surface area contributed by atoms with Gasteiger partial charge in [-0.15, -0.1) is 24.0 Å². The van der Waals surface area contributed by atoms with E-state index in [-0.39, 0.29) is 24.0 Å². The quantitative estimate of drug-likeness (QED) is 0.293. The van der Waals surface area contributed by atoms with Crippen LogP contribution in [0.2, 0.25) is 0 Å². The van der Waals surface area contributed by atoms with Crippen molar-refractivity contribution >= 4 is 29.9 Å². The first-order valence-corrected chi connectivity index (χ1v) is 8.82. The van der Waals surface area contributed by atoms with Crippen LogP contribution in [0.1, 0.15) is 31.7 Å². The van der Waals surface area contributed by atoms with Gasteiger partial charge in [0.25, 0.3) is 0 Å². The maximum Gasteiger partial charge on any atom is 0.193 e. The van der Waals surface area contributed by atoms with Crippen LogP contribution in [0.15, 0.2) is 29.3 Å². The average molecular weight is 461 g/mol. The van der Waals surface area contributed by atoms with Crippen molar-refractivity contribution in [1.29, 1.82) is 0 Å². The minimum Gasteiger partial charge on any atom is -0.491 e. The minimum absolute atomic E-state index is 0. The first kappa shape index (κ1) is 22.0. The van der Waals surface area contributed by atoms with Crippen LogP contribution in [0.4, 0.5) is 0 Å². The fourth-order valence-corrected chi connectivity index (χ4v) is 3.14. The molecule has 0 aliphatic carbocycles. The number of benzene rings is 1. The third-order valence-corrected chi connectivity index (χ3v) is 4.38. The lowest BCUT2D eigenvalue weighted by Gasteiger charge is -2.22. The number of rotatable bonds is 7. The topological polar surface area (TPSA) is 46.1 Å². The second kappa shape index (κ2) is 11.6. The first-order valence-electron chi connectivity index (χ1n) is 8.82. The molecule has 142 valence electrons. The summed E-state index contributed by atoms with van der Waals surface area (Å²) in [6.07, 6.45) is 1.16. The molecule has 1 fully saturated rings. The van der Waals surface area contributed by atoms with Crippen LogP contribution in [-0.4, -0.2) is 57.9 Å². The largest absolute Gasteiger partial charge is 0.491 e. The summed E-state index contributed by atoms with van der Waals surface area (Å²) in [5, 5.41) is 3.40. The summed E-state index contributed by atoms with van der Waals surface area (Å²) in [6.45, 7) is 8.60. The number of guanidine groups is 1. The van der Waals surface area contributed by atoms with Crippen molar-refractivity contribution in [3.8, 4) is 5.75 Å². The smallest absolute Gasteiger partial charge is 0.193 e. The Balaban J connectivity index is 0.00000312. The molecule has 1 aromatic carbocycles. The number of halogens is 1. The summed E-state index contributed by atoms with van der Waals surface area (Å²) in [7, 11) is 3.60. The summed E-state index contributed by atoms with van der Waals surface area (Å²) < 4.78 is 11.2. The van der Waals surface area contributed by atoms with E-state index >= 15 is 0 Å². The number of ether oxygens (including phenoxy) is 2. The maximum absolute atomic E-state index is 5.96. The lowest BCUT2D eigenvalue weighted by molar-refractivity contribution is 0.157. The number of hydrogen-bond donors (Lipinski definition) is 1. The predicted octanol–water partition coefficient (Wildman–Crippen LogP) is 3.35. The number of likely N-dealkylation sites (tertiary alicyclic amines) is 1. The molecule has 5 nitrogen and oxygen atoms in total. The van der Waals surface area contributed by atoms with Crippen molar-refractivity contribution < 1.29 is 9.47 Å². The SMILES string of the molecule is CN=C(NCCOc1ccccc1C(C)C)N1CCC(COC)C1.I. The molecule has 6 heteroatoms. The fraction of sp³-hybridized carbons (Fsp3) is 0.632. The van der Waals surface area contributed by atoms with E-state index in [9.17, 15) is 0 Å². The fourth-order valence-electron chi connectivity index (χ4n) is 3.14. The summed E-state index contributed by atoms with van der Waals surface area (Å²) in [4.78, 5) is 6.69. The zero-order valence-electron chi connectivity index (χ0n) is 15.8. The van der Waals surface area contributed by atoms with E-state index in [4.69, 9.17) is 9.47 Å². The highest BCUT2D eigenvalue weighted by molar-refractivity contribution is 14.0. The molecule has 1 aliphatic rings. The highest BCUT2D eigenvalue weighted by atomic mass is 127. The van der Waals surface area contributed by atoms with E-state index in [1.807, 2.05) is 19.2 Å². The van der Waals surface area contributed by atoms with Crippen molar-refractivity contribution in [3.63, 3.8) is 0 Å². The monoisotopic (exact) mass is 461 g/mol. The van der Waals surface area contributed by atoms with Gasteiger partial charge in [0.1, 0.15) is 12.4 Å². The summed E-state index contributed by atoms with van der Waals surface area (Å²) in [6, 6.07) is 8.26. The molecular weight excluding hydrogens is 429 g/mol. The number of methoxy groups -OCH3 is 1. The highest BCUT2D eigenvalue weighted by Crippen LogP contribution is 2.25. The molecule has 0 bridgehead atoms. The van der Waals surface area contributed by atoms with E-state index in [0.717, 1.165) is 44.4 Å². The van der Waals surface area contributed by atoms with Gasteiger partial charge in [0.05, 0.1) is 13.2 Å². The summed E-state index contributed by atoms with van der Waals surface area (Å²) in [5.41, 5.74) is 1.25. The Kier molecular flexibility index (Phi) is 10.2. The molecule has 0 aromatic heterocycles. The lowest BCUT2D eigenvalue weighted by atomic mass is 10.0. The number of nitrogens with one attached hydrogen (secondary N) is 1. The van der Waals surface area contributed by atoms with Crippen LogP contribution in [0.3, 0.4) is 0 Å². The Hall–Kier alpha value is -1.02. The number of nitrogens with zero attached hydrogens (tertiary/aromatic N) is 2. The highest BCUT2D eigenvalue weighted by Gasteiger charge is 2.24. The van der Waals surface area contributed by atoms with E-state index in [2.05, 4.69) is 41.2 Å². The van der Waals surface area contributed by atoms with Crippen molar-refractivity contribution in [2.45, 2.75) is 26.2 Å². The third-order valence-electron chi connectivity index (χ3n) is 4.38. The van der Waals surface area contributed by atoms with Crippen LogP contribution >= 0.6 is 24.0 Å². The summed E-state index contributed by atoms with van der Waals surface area (Å²) >= 11 is 0. The Morgan fingerprint density at radius 2 is 2.12 bits per heavy atom. The Labute approximate surface area is 169 Å². The molecule has 1 aromatic rings. The molecule has 25 heavy (non-hydrogen) atoms. The van der Waals surface area contributed by atoms with E-state index in [0.29, 0.717) is 18.4 Å². The van der Waals surface area contributed by atoms with Crippen LogP contribution in [0.25, 0.3) is 0 Å². The molecule has 1 N–H and O–H groups in total. The molecule has 1 saturated heterocycles. The van der Waals surface area contributed by atoms with Crippen LogP contribution in [0, 0.1) is 5.92 Å². The molecule has 0 saturated carbocycles. The van der Waals surface area contributed by atoms with Gasteiger partial charge < -0.3 is 19.7 Å². The summed E-state index contributed by atoms with van der Waals surface area (Å²) in [5.74, 6) is 2.99. The maximum atomic E-state index is 5.96. The van der Waals surface area contributed by atoms with Gasteiger partial charge in [-0.2, -0.15) is 0 Å². The third kappa shape index (κ3) is 6.66. The number of hydrogen-bond acceptors (Lipinski definition) is 3. The molecular formula is C19H32IN3O2. The van der Waals surface area contributed by atoms with Gasteiger partial charge in [-0.3, -0.25) is 4.99 Å². The second-order valence-corrected chi connectivity index (χ2v) is 6.57. The molecule has 2 rings (SSSR count). The van der Waals surface area contributed by atoms with Crippen molar-refractivity contribution in [2.75, 3.05) is 47.0 Å². The zero-order chi connectivity index (χ0) is 17.4. The van der Waals surface area contributed by atoms with Gasteiger partial charge in [-0.25, -0.2) is 0 Å². The van der Waals surface area contributed by atoms with E-state index in [1.54, 1.807) is 7.11 Å². The van der Waals surface area contributed by atoms with E-state index in [1.165, 1.54) is 5.56 Å². The molecule has 0 amide bonds. The normalized spacial score (nSPS) is 17.6. The standard InChI is InChI=1S/C19H31N3O2.HI/c1-15(2)17-7-5-6-8-18(17)24-12-10-21-19(20-3)22-11-9-16(13-22)14-23-4;/h5-8,15-16H,9-14H2,1-4H3,(H,20,21);1H. The predicted molar refractivity (Wildman–Crippen MR) is 114 cm³/mol. The minimum atomic E-state index is 0. The number of aliphatic imine (C=N–C) groups is 1. The van der Waals surface area contributed by atoms with Gasteiger partial charge in [-0.05, 0) is 24.0 Å². The van der Waals surface area contributed by atoms with Crippen molar-refractivity contribution in [1.82, 2.24) is 10.2 Å². The van der Waals surface area contributed by atoms with Gasteiger partial charge in [0.2, 0.25) is 0 Å². The molecule has 1 atom stereocenters. The zero-order valence-corrected chi connectivity index (χ0v) is 18.2. The van der Waals surface area contributed by atoms with E-state index < -0.39 is 0 Å². The molecule has 1 unspecified atom stereocenters. The van der Waals surface area contributed by atoms with Crippen LogP contribution < -0.4 is 10.1 Å². The average Bonchev–Trinajstić information content (AvgIpc) is 3.04. The molecule has 1 heterocycles. The Morgan fingerprint density at radius 3 is 2.80 bits per heavy atom. The van der Waals surface area contributed by atoms with Gasteiger partial charge in [0, 0.05) is 33.2 Å². The van der Waals surface area contributed by atoms with Crippen LogP contribution in [-0.2, 0) is 4.74 Å². The van der Waals surface area contributed by atoms with Gasteiger partial charge >= 0.3 is 0 Å². The van der Waals surface area contributed by atoms with Gasteiger partial charge in [0.15, 0.2) is 5.96 Å². The Morgan fingerprint density at radius 1 is 1.36 bits per heavy atom. The van der Waals surface area contributed by atoms with Gasteiger partial charge in [-0.1, -0.05) is 32.0 Å². The first-order chi connectivity index (χ1) is 11.7. The second-order valence-electron chi connectivity index (χ2n) is 6.57.